The molecule has 0 unspecified atom stereocenters. The van der Waals surface area contributed by atoms with Crippen LogP contribution in [0.25, 0.3) is 11.0 Å². The number of nitrogens with zero attached hydrogens (tertiary/aromatic N) is 2. The summed E-state index contributed by atoms with van der Waals surface area (Å²) in [5.41, 5.74) is 3.35. The van der Waals surface area contributed by atoms with Gasteiger partial charge in [-0.15, -0.1) is 11.3 Å². The Hall–Kier alpha value is -2.97. The molecule has 0 fully saturated rings. The Kier molecular flexibility index (Phi) is 5.69. The standard InChI is InChI=1S/C22H22N4O2S2/c1-3-15(2)16-10-12-17(13-11-16)23-21-22(25-19-8-5-4-7-18(19)24-21)26-30(27,28)20-9-6-14-29-20/h4-15H,3H2,1-2H3,(H,23,24)(H,25,26)/t15-/m0/s1. The van der Waals surface area contributed by atoms with Crippen molar-refractivity contribution in [3.05, 3.63) is 71.6 Å². The molecule has 2 aromatic heterocycles. The molecule has 30 heavy (non-hydrogen) atoms. The van der Waals surface area contributed by atoms with Crippen LogP contribution in [-0.2, 0) is 10.0 Å². The second-order valence-corrected chi connectivity index (χ2v) is 9.86. The second kappa shape index (κ2) is 8.41. The molecule has 2 heterocycles. The van der Waals surface area contributed by atoms with E-state index in [0.29, 0.717) is 22.8 Å². The first-order valence-electron chi connectivity index (χ1n) is 9.66. The quantitative estimate of drug-likeness (QED) is 0.384. The zero-order valence-corrected chi connectivity index (χ0v) is 18.3. The first-order valence-corrected chi connectivity index (χ1v) is 12.0. The van der Waals surface area contributed by atoms with E-state index in [2.05, 4.69) is 46.0 Å². The van der Waals surface area contributed by atoms with Gasteiger partial charge in [-0.2, -0.15) is 0 Å². The number of hydrogen-bond donors (Lipinski definition) is 2. The average Bonchev–Trinajstić information content (AvgIpc) is 3.30. The predicted molar refractivity (Wildman–Crippen MR) is 123 cm³/mol. The van der Waals surface area contributed by atoms with E-state index < -0.39 is 10.0 Å². The Balaban J connectivity index is 1.71. The molecule has 2 N–H and O–H groups in total. The predicted octanol–water partition coefficient (Wildman–Crippen LogP) is 5.75. The lowest BCUT2D eigenvalue weighted by molar-refractivity contribution is 0.603. The Bertz CT molecular complexity index is 1250. The van der Waals surface area contributed by atoms with Gasteiger partial charge in [-0.05, 0) is 53.6 Å². The number of anilines is 3. The lowest BCUT2D eigenvalue weighted by Crippen LogP contribution is -2.15. The number of nitrogens with one attached hydrogen (secondary N) is 2. The molecule has 0 amide bonds. The molecule has 2 aromatic carbocycles. The number of fused-ring (bicyclic) bond motifs is 1. The molecule has 8 heteroatoms. The maximum Gasteiger partial charge on any atom is 0.272 e. The molecule has 0 aliphatic carbocycles. The van der Waals surface area contributed by atoms with Gasteiger partial charge >= 0.3 is 0 Å². The van der Waals surface area contributed by atoms with Crippen molar-refractivity contribution in [1.29, 1.82) is 0 Å². The molecule has 0 bridgehead atoms. The SMILES string of the molecule is CC[C@H](C)c1ccc(Nc2nc3ccccc3nc2NS(=O)(=O)c2cccs2)cc1. The van der Waals surface area contributed by atoms with Gasteiger partial charge < -0.3 is 5.32 Å². The van der Waals surface area contributed by atoms with Gasteiger partial charge in [0, 0.05) is 5.69 Å². The highest BCUT2D eigenvalue weighted by Gasteiger charge is 2.20. The lowest BCUT2D eigenvalue weighted by atomic mass is 9.99. The van der Waals surface area contributed by atoms with E-state index in [1.54, 1.807) is 23.6 Å². The van der Waals surface area contributed by atoms with Crippen molar-refractivity contribution in [2.45, 2.75) is 30.4 Å². The molecule has 154 valence electrons. The summed E-state index contributed by atoms with van der Waals surface area (Å²) in [5.74, 6) is 0.992. The Labute approximate surface area is 180 Å². The fourth-order valence-electron chi connectivity index (χ4n) is 3.02. The van der Waals surface area contributed by atoms with Gasteiger partial charge in [0.1, 0.15) is 4.21 Å². The molecule has 4 aromatic rings. The molecule has 6 nitrogen and oxygen atoms in total. The van der Waals surface area contributed by atoms with Crippen molar-refractivity contribution >= 4 is 49.7 Å². The number of hydrogen-bond acceptors (Lipinski definition) is 6. The third-order valence-corrected chi connectivity index (χ3v) is 7.65. The Morgan fingerprint density at radius 3 is 2.20 bits per heavy atom. The minimum atomic E-state index is -3.75. The molecule has 0 aliphatic rings. The first kappa shape index (κ1) is 20.3. The summed E-state index contributed by atoms with van der Waals surface area (Å²) in [6.45, 7) is 4.35. The zero-order valence-electron chi connectivity index (χ0n) is 16.7. The Morgan fingerprint density at radius 1 is 0.933 bits per heavy atom. The van der Waals surface area contributed by atoms with Crippen molar-refractivity contribution in [2.75, 3.05) is 10.0 Å². The summed E-state index contributed by atoms with van der Waals surface area (Å²) >= 11 is 1.15. The number of sulfonamides is 1. The average molecular weight is 439 g/mol. The van der Waals surface area contributed by atoms with E-state index in [9.17, 15) is 8.42 Å². The van der Waals surface area contributed by atoms with E-state index in [0.717, 1.165) is 23.4 Å². The fourth-order valence-corrected chi connectivity index (χ4v) is 5.02. The van der Waals surface area contributed by atoms with Gasteiger partial charge in [-0.25, -0.2) is 18.4 Å². The smallest absolute Gasteiger partial charge is 0.272 e. The van der Waals surface area contributed by atoms with E-state index >= 15 is 0 Å². The number of rotatable bonds is 7. The van der Waals surface area contributed by atoms with Gasteiger partial charge in [0.05, 0.1) is 11.0 Å². The normalized spacial score (nSPS) is 12.6. The van der Waals surface area contributed by atoms with Crippen LogP contribution in [0.4, 0.5) is 17.3 Å². The molecular weight excluding hydrogens is 416 g/mol. The van der Waals surface area contributed by atoms with Crippen molar-refractivity contribution in [1.82, 2.24) is 9.97 Å². The van der Waals surface area contributed by atoms with Crippen LogP contribution >= 0.6 is 11.3 Å². The molecule has 0 radical (unpaired) electrons. The van der Waals surface area contributed by atoms with Crippen LogP contribution in [0, 0.1) is 0 Å². The summed E-state index contributed by atoms with van der Waals surface area (Å²) in [5, 5.41) is 4.94. The first-order chi connectivity index (χ1) is 14.5. The second-order valence-electron chi connectivity index (χ2n) is 7.00. The van der Waals surface area contributed by atoms with Crippen LogP contribution in [0.3, 0.4) is 0 Å². The zero-order chi connectivity index (χ0) is 21.1. The van der Waals surface area contributed by atoms with Gasteiger partial charge in [-0.3, -0.25) is 4.72 Å². The van der Waals surface area contributed by atoms with Gasteiger partial charge in [0.15, 0.2) is 11.6 Å². The summed E-state index contributed by atoms with van der Waals surface area (Å²) in [4.78, 5) is 9.13. The van der Waals surface area contributed by atoms with Gasteiger partial charge in [0.2, 0.25) is 0 Å². The minimum absolute atomic E-state index is 0.160. The summed E-state index contributed by atoms with van der Waals surface area (Å²) in [7, 11) is -3.75. The van der Waals surface area contributed by atoms with Crippen LogP contribution in [0.5, 0.6) is 0 Å². The van der Waals surface area contributed by atoms with Crippen LogP contribution in [0.1, 0.15) is 31.7 Å². The number of thiophene rings is 1. The van der Waals surface area contributed by atoms with Crippen molar-refractivity contribution in [3.63, 3.8) is 0 Å². The van der Waals surface area contributed by atoms with Crippen molar-refractivity contribution in [3.8, 4) is 0 Å². The Morgan fingerprint density at radius 2 is 1.60 bits per heavy atom. The number of aromatic nitrogens is 2. The number of benzene rings is 2. The third kappa shape index (κ3) is 4.29. The van der Waals surface area contributed by atoms with Gasteiger partial charge in [0.25, 0.3) is 10.0 Å². The maximum absolute atomic E-state index is 12.8. The summed E-state index contributed by atoms with van der Waals surface area (Å²) in [6, 6.07) is 18.7. The monoisotopic (exact) mass is 438 g/mol. The summed E-state index contributed by atoms with van der Waals surface area (Å²) < 4.78 is 28.3. The van der Waals surface area contributed by atoms with E-state index in [1.807, 2.05) is 30.3 Å². The van der Waals surface area contributed by atoms with E-state index in [-0.39, 0.29) is 10.0 Å². The lowest BCUT2D eigenvalue weighted by Gasteiger charge is -2.14. The highest BCUT2D eigenvalue weighted by Crippen LogP contribution is 2.29. The summed E-state index contributed by atoms with van der Waals surface area (Å²) in [6.07, 6.45) is 1.07. The van der Waals surface area contributed by atoms with Crippen LogP contribution in [0.15, 0.2) is 70.3 Å². The largest absolute Gasteiger partial charge is 0.337 e. The van der Waals surface area contributed by atoms with Crippen LogP contribution < -0.4 is 10.0 Å². The van der Waals surface area contributed by atoms with Crippen LogP contribution in [-0.4, -0.2) is 18.4 Å². The third-order valence-electron chi connectivity index (χ3n) is 4.92. The molecular formula is C22H22N4O2S2. The molecule has 0 saturated heterocycles. The topological polar surface area (TPSA) is 84.0 Å². The molecule has 0 spiro atoms. The van der Waals surface area contributed by atoms with Crippen molar-refractivity contribution < 1.29 is 8.42 Å². The molecule has 0 saturated carbocycles. The van der Waals surface area contributed by atoms with E-state index in [4.69, 9.17) is 0 Å². The highest BCUT2D eigenvalue weighted by molar-refractivity contribution is 7.94. The molecule has 1 atom stereocenters. The minimum Gasteiger partial charge on any atom is -0.337 e. The van der Waals surface area contributed by atoms with E-state index in [1.165, 1.54) is 5.56 Å². The number of para-hydroxylation sites is 2. The maximum atomic E-state index is 12.8. The van der Waals surface area contributed by atoms with Crippen LogP contribution in [0.2, 0.25) is 0 Å². The molecule has 4 rings (SSSR count). The van der Waals surface area contributed by atoms with Crippen molar-refractivity contribution in [2.24, 2.45) is 0 Å². The van der Waals surface area contributed by atoms with Gasteiger partial charge in [-0.1, -0.05) is 44.2 Å². The fraction of sp³-hybridized carbons (Fsp3) is 0.182. The molecule has 0 aliphatic heterocycles. The highest BCUT2D eigenvalue weighted by atomic mass is 32.2.